The van der Waals surface area contributed by atoms with E-state index in [1.807, 2.05) is 35.0 Å². The van der Waals surface area contributed by atoms with Crippen LogP contribution in [-0.4, -0.2) is 33.9 Å². The maximum atomic E-state index is 12.3. The number of ether oxygens (including phenoxy) is 3. The number of fused-ring (bicyclic) bond motifs is 1. The van der Waals surface area contributed by atoms with Gasteiger partial charge in [-0.05, 0) is 36.4 Å². The Hall–Kier alpha value is -4.60. The van der Waals surface area contributed by atoms with Crippen LogP contribution in [-0.2, 0) is 11.4 Å². The second-order valence-corrected chi connectivity index (χ2v) is 6.94. The summed E-state index contributed by atoms with van der Waals surface area (Å²) in [4.78, 5) is 27.0. The average molecular weight is 448 g/mol. The number of hydrogen-bond donors (Lipinski definition) is 1. The summed E-state index contributed by atoms with van der Waals surface area (Å²) < 4.78 is 18.5. The van der Waals surface area contributed by atoms with E-state index < -0.39 is 10.8 Å². The van der Waals surface area contributed by atoms with Crippen LogP contribution in [0.15, 0.2) is 73.1 Å². The van der Waals surface area contributed by atoms with Gasteiger partial charge in [-0.2, -0.15) is 0 Å². The van der Waals surface area contributed by atoms with Crippen LogP contribution in [0.25, 0.3) is 5.65 Å². The Morgan fingerprint density at radius 1 is 1.09 bits per heavy atom. The second kappa shape index (κ2) is 9.69. The van der Waals surface area contributed by atoms with Gasteiger partial charge in [-0.25, -0.2) is 4.98 Å². The number of nitrogens with one attached hydrogen (secondary N) is 1. The molecule has 2 aromatic carbocycles. The van der Waals surface area contributed by atoms with Crippen LogP contribution in [0, 0.1) is 10.1 Å². The molecule has 0 bridgehead atoms. The Morgan fingerprint density at radius 2 is 1.91 bits per heavy atom. The van der Waals surface area contributed by atoms with E-state index in [2.05, 4.69) is 10.3 Å². The predicted molar refractivity (Wildman–Crippen MR) is 120 cm³/mol. The SMILES string of the molecule is COc1ccc(NC(=O)COc2ccc([N+](=O)[O-])cc2)cc1OCc1cn2ccccc2n1. The zero-order valence-corrected chi connectivity index (χ0v) is 17.6. The highest BCUT2D eigenvalue weighted by molar-refractivity contribution is 5.92. The number of nitrogens with zero attached hydrogens (tertiary/aromatic N) is 3. The molecule has 1 N–H and O–H groups in total. The van der Waals surface area contributed by atoms with E-state index in [0.29, 0.717) is 22.9 Å². The molecule has 2 aromatic heterocycles. The van der Waals surface area contributed by atoms with Gasteiger partial charge < -0.3 is 23.9 Å². The second-order valence-electron chi connectivity index (χ2n) is 6.94. The van der Waals surface area contributed by atoms with Crippen molar-refractivity contribution < 1.29 is 23.9 Å². The lowest BCUT2D eigenvalue weighted by Gasteiger charge is -2.12. The number of benzene rings is 2. The van der Waals surface area contributed by atoms with E-state index >= 15 is 0 Å². The maximum Gasteiger partial charge on any atom is 0.269 e. The predicted octanol–water partition coefficient (Wildman–Crippen LogP) is 3.85. The van der Waals surface area contributed by atoms with Gasteiger partial charge in [0.1, 0.15) is 18.0 Å². The highest BCUT2D eigenvalue weighted by atomic mass is 16.6. The zero-order chi connectivity index (χ0) is 23.2. The molecule has 168 valence electrons. The molecule has 0 aliphatic carbocycles. The minimum Gasteiger partial charge on any atom is -0.493 e. The Kier molecular flexibility index (Phi) is 6.35. The van der Waals surface area contributed by atoms with Gasteiger partial charge >= 0.3 is 0 Å². The fourth-order valence-corrected chi connectivity index (χ4v) is 3.09. The monoisotopic (exact) mass is 448 g/mol. The van der Waals surface area contributed by atoms with Crippen LogP contribution in [0.3, 0.4) is 0 Å². The smallest absolute Gasteiger partial charge is 0.269 e. The number of aromatic nitrogens is 2. The number of amides is 1. The molecule has 33 heavy (non-hydrogen) atoms. The first-order valence-electron chi connectivity index (χ1n) is 9.92. The first kappa shape index (κ1) is 21.6. The van der Waals surface area contributed by atoms with Crippen molar-refractivity contribution in [2.24, 2.45) is 0 Å². The zero-order valence-electron chi connectivity index (χ0n) is 17.6. The molecule has 0 spiro atoms. The van der Waals surface area contributed by atoms with Crippen molar-refractivity contribution in [2.45, 2.75) is 6.61 Å². The average Bonchev–Trinajstić information content (AvgIpc) is 3.25. The Balaban J connectivity index is 1.37. The summed E-state index contributed by atoms with van der Waals surface area (Å²) >= 11 is 0. The maximum absolute atomic E-state index is 12.3. The summed E-state index contributed by atoms with van der Waals surface area (Å²) in [6, 6.07) is 16.2. The first-order chi connectivity index (χ1) is 16.0. The van der Waals surface area contributed by atoms with Crippen LogP contribution in [0.2, 0.25) is 0 Å². The van der Waals surface area contributed by atoms with E-state index in [9.17, 15) is 14.9 Å². The number of hydrogen-bond acceptors (Lipinski definition) is 7. The van der Waals surface area contributed by atoms with Gasteiger partial charge in [0.2, 0.25) is 0 Å². The molecule has 4 aromatic rings. The molecule has 4 rings (SSSR count). The first-order valence-corrected chi connectivity index (χ1v) is 9.92. The van der Waals surface area contributed by atoms with Gasteiger partial charge in [-0.3, -0.25) is 14.9 Å². The number of anilines is 1. The van der Waals surface area contributed by atoms with E-state index in [-0.39, 0.29) is 18.9 Å². The summed E-state index contributed by atoms with van der Waals surface area (Å²) in [5.41, 5.74) is 2.01. The fourth-order valence-electron chi connectivity index (χ4n) is 3.09. The summed E-state index contributed by atoms with van der Waals surface area (Å²) in [7, 11) is 1.53. The van der Waals surface area contributed by atoms with Crippen molar-refractivity contribution in [1.29, 1.82) is 0 Å². The van der Waals surface area contributed by atoms with E-state index in [1.54, 1.807) is 18.2 Å². The van der Waals surface area contributed by atoms with Crippen molar-refractivity contribution in [3.8, 4) is 17.2 Å². The highest BCUT2D eigenvalue weighted by Crippen LogP contribution is 2.31. The van der Waals surface area contributed by atoms with Crippen molar-refractivity contribution in [3.05, 3.63) is 88.9 Å². The third-order valence-electron chi connectivity index (χ3n) is 4.65. The minimum absolute atomic E-state index is 0.0544. The molecule has 0 saturated heterocycles. The Bertz CT molecular complexity index is 1250. The molecular weight excluding hydrogens is 428 g/mol. The molecule has 0 aliphatic rings. The molecule has 0 aliphatic heterocycles. The van der Waals surface area contributed by atoms with E-state index in [1.165, 1.54) is 31.4 Å². The molecule has 0 fully saturated rings. The number of methoxy groups -OCH3 is 1. The van der Waals surface area contributed by atoms with Crippen molar-refractivity contribution >= 4 is 22.9 Å². The van der Waals surface area contributed by atoms with Crippen LogP contribution in [0.1, 0.15) is 5.69 Å². The van der Waals surface area contributed by atoms with E-state index in [0.717, 1.165) is 11.3 Å². The van der Waals surface area contributed by atoms with Gasteiger partial charge in [-0.1, -0.05) is 6.07 Å². The normalized spacial score (nSPS) is 10.6. The lowest BCUT2D eigenvalue weighted by atomic mass is 10.2. The molecule has 0 radical (unpaired) electrons. The number of carbonyl (C=O) groups is 1. The van der Waals surface area contributed by atoms with Crippen molar-refractivity contribution in [3.63, 3.8) is 0 Å². The highest BCUT2D eigenvalue weighted by Gasteiger charge is 2.11. The lowest BCUT2D eigenvalue weighted by Crippen LogP contribution is -2.20. The number of carbonyl (C=O) groups excluding carboxylic acids is 1. The van der Waals surface area contributed by atoms with Crippen molar-refractivity contribution in [1.82, 2.24) is 9.38 Å². The number of non-ortho nitro benzene ring substituents is 1. The summed E-state index contributed by atoms with van der Waals surface area (Å²) in [6.45, 7) is -0.0417. The van der Waals surface area contributed by atoms with Gasteiger partial charge in [0.25, 0.3) is 11.6 Å². The molecule has 0 atom stereocenters. The number of pyridine rings is 1. The third-order valence-corrected chi connectivity index (χ3v) is 4.65. The molecule has 2 heterocycles. The number of nitro groups is 1. The molecule has 10 heteroatoms. The molecule has 10 nitrogen and oxygen atoms in total. The number of rotatable bonds is 9. The van der Waals surface area contributed by atoms with Gasteiger partial charge in [0.15, 0.2) is 18.1 Å². The van der Waals surface area contributed by atoms with Crippen LogP contribution in [0.4, 0.5) is 11.4 Å². The standard InChI is InChI=1S/C23H20N4O6/c1-31-20-10-5-16(25-23(28)15-32-19-8-6-18(7-9-19)27(29)30)12-21(20)33-14-17-13-26-11-3-2-4-22(26)24-17/h2-13H,14-15H2,1H3,(H,25,28). The number of nitro benzene ring substituents is 1. The van der Waals surface area contributed by atoms with Crippen LogP contribution in [0.5, 0.6) is 17.2 Å². The Morgan fingerprint density at radius 3 is 2.64 bits per heavy atom. The topological polar surface area (TPSA) is 117 Å². The molecule has 0 saturated carbocycles. The summed E-state index contributed by atoms with van der Waals surface area (Å²) in [6.07, 6.45) is 3.78. The molecular formula is C23H20N4O6. The van der Waals surface area contributed by atoms with E-state index in [4.69, 9.17) is 14.2 Å². The largest absolute Gasteiger partial charge is 0.493 e. The fraction of sp³-hybridized carbons (Fsp3) is 0.130. The van der Waals surface area contributed by atoms with Gasteiger partial charge in [0.05, 0.1) is 17.7 Å². The van der Waals surface area contributed by atoms with Crippen LogP contribution >= 0.6 is 0 Å². The molecule has 0 unspecified atom stereocenters. The van der Waals surface area contributed by atoms with Crippen LogP contribution < -0.4 is 19.5 Å². The Labute approximate surface area is 188 Å². The quantitative estimate of drug-likeness (QED) is 0.305. The number of imidazole rings is 1. The van der Waals surface area contributed by atoms with Gasteiger partial charge in [0, 0.05) is 36.3 Å². The summed E-state index contributed by atoms with van der Waals surface area (Å²) in [5.74, 6) is 0.911. The third kappa shape index (κ3) is 5.37. The van der Waals surface area contributed by atoms with Gasteiger partial charge in [-0.15, -0.1) is 0 Å². The molecule has 1 amide bonds. The minimum atomic E-state index is -0.505. The van der Waals surface area contributed by atoms with Crippen molar-refractivity contribution in [2.75, 3.05) is 19.0 Å². The lowest BCUT2D eigenvalue weighted by molar-refractivity contribution is -0.384. The summed E-state index contributed by atoms with van der Waals surface area (Å²) in [5, 5.41) is 13.4.